The largest absolute Gasteiger partial charge is 0.325 e. The fourth-order valence-electron chi connectivity index (χ4n) is 17.2. The third kappa shape index (κ3) is 15.0. The van der Waals surface area contributed by atoms with Crippen LogP contribution in [0.4, 0.5) is 40.3 Å². The average molecular weight is 1730 g/mol. The van der Waals surface area contributed by atoms with Gasteiger partial charge in [-0.3, -0.25) is 57.9 Å². The third-order valence-electron chi connectivity index (χ3n) is 23.4. The number of thiophene rings is 1. The molecule has 4 aliphatic rings. The number of pyridine rings is 1. The highest BCUT2D eigenvalue weighted by Crippen LogP contribution is 2.51. The highest BCUT2D eigenvalue weighted by molar-refractivity contribution is 7.22. The molecule has 0 bridgehead atoms. The summed E-state index contributed by atoms with van der Waals surface area (Å²) in [6, 6.07) is 52.4. The highest BCUT2D eigenvalue weighted by Gasteiger charge is 2.33. The van der Waals surface area contributed by atoms with Gasteiger partial charge < -0.3 is 22.9 Å². The van der Waals surface area contributed by atoms with Gasteiger partial charge in [-0.25, -0.2) is 37.5 Å². The molecule has 30 heteroatoms. The van der Waals surface area contributed by atoms with E-state index in [-0.39, 0.29) is 109 Å². The molecule has 129 heavy (non-hydrogen) atoms. The number of alkyl halides is 2. The summed E-state index contributed by atoms with van der Waals surface area (Å²) >= 11 is 1.48. The van der Waals surface area contributed by atoms with Crippen molar-refractivity contribution >= 4 is 123 Å². The lowest BCUT2D eigenvalue weighted by Gasteiger charge is -2.18. The topological polar surface area (TPSA) is 323 Å². The molecule has 4 aliphatic heterocycles. The number of nitrogens with two attached hydrogens (primary N) is 4. The standard InChI is InChI=1S/C26H19F2N5O.C26H20FN5O.C25H18FN5O.C22H16N6OS/c1-30-24-16-6-4-3-5-14(16)10-19(26(27)28)23(24)25-20(12-32-33(25)2)15-7-8-17-18(9-15)21(11-29)31-13-22(17)34;1-14-16-6-4-5-7-18(16)25(29-2)23(24(14)27)26-20(12-31-32(26)3)15-8-9-17-19(10-15)21(11-28)30-13-22(17)33;1-28-23-16-6-4-3-5-14(16)7-10-18(23)24-22(25(26)30-31(24)2)15-8-9-17-19(11-15)20(12-27)29-13-21(17)32;1-24-19-14-4-3-7-25-22(14)30-21(19)20-16(10-27-28(20)2)12-5-6-13-15(8-12)17(9-23)26-11-18(13)29/h3-10,12,26H,11,13,29H2,2H3;4-10,12H,11,13,28H2,1,3H3;3-11H,12-13,27H2,2H3;3-8,10H,9,11,23H2,2H3. The third-order valence-corrected chi connectivity index (χ3v) is 24.5. The molecule has 20 rings (SSSR count). The summed E-state index contributed by atoms with van der Waals surface area (Å²) < 4.78 is 65.8. The van der Waals surface area contributed by atoms with E-state index in [0.717, 1.165) is 59.5 Å². The van der Waals surface area contributed by atoms with Crippen molar-refractivity contribution in [1.82, 2.24) is 44.1 Å². The van der Waals surface area contributed by atoms with Gasteiger partial charge >= 0.3 is 0 Å². The Morgan fingerprint density at radius 3 is 1.26 bits per heavy atom. The van der Waals surface area contributed by atoms with Crippen molar-refractivity contribution in [2.24, 2.45) is 71.1 Å². The van der Waals surface area contributed by atoms with E-state index in [1.165, 1.54) is 26.8 Å². The van der Waals surface area contributed by atoms with Gasteiger partial charge in [0.05, 0.1) is 101 Å². The van der Waals surface area contributed by atoms with Crippen LogP contribution in [0, 0.1) is 45.0 Å². The van der Waals surface area contributed by atoms with E-state index < -0.39 is 18.2 Å². The Labute approximate surface area is 738 Å². The van der Waals surface area contributed by atoms with Gasteiger partial charge in [0.2, 0.25) is 28.7 Å². The monoisotopic (exact) mass is 1730 g/mol. The number of halogens is 4. The summed E-state index contributed by atoms with van der Waals surface area (Å²) in [5, 5.41) is 22.3. The zero-order chi connectivity index (χ0) is 90.5. The first kappa shape index (κ1) is 85.0. The minimum atomic E-state index is -2.79. The van der Waals surface area contributed by atoms with Crippen LogP contribution in [0.15, 0.2) is 221 Å². The normalized spacial score (nSPS) is 13.1. The van der Waals surface area contributed by atoms with Crippen molar-refractivity contribution in [3.8, 4) is 88.9 Å². The zero-order valence-electron chi connectivity index (χ0n) is 69.8. The number of benzene rings is 10. The molecular weight excluding hydrogens is 1660 g/mol. The van der Waals surface area contributed by atoms with Gasteiger partial charge in [-0.15, -0.1) is 16.4 Å². The summed E-state index contributed by atoms with van der Waals surface area (Å²) in [4.78, 5) is 87.4. The molecular formula is C99H73F4N21O4S. The van der Waals surface area contributed by atoms with E-state index in [1.54, 1.807) is 129 Å². The predicted octanol–water partition coefficient (Wildman–Crippen LogP) is 18.6. The Morgan fingerprint density at radius 1 is 0.395 bits per heavy atom. The number of hydrogen-bond donors (Lipinski definition) is 4. The van der Waals surface area contributed by atoms with Gasteiger partial charge in [0, 0.05) is 149 Å². The van der Waals surface area contributed by atoms with Gasteiger partial charge in [0.1, 0.15) is 36.8 Å². The van der Waals surface area contributed by atoms with Crippen LogP contribution < -0.4 is 22.9 Å². The van der Waals surface area contributed by atoms with Crippen molar-refractivity contribution in [3.05, 3.63) is 314 Å². The van der Waals surface area contributed by atoms with Gasteiger partial charge in [-0.05, 0) is 103 Å². The van der Waals surface area contributed by atoms with Gasteiger partial charge in [0.15, 0.2) is 23.1 Å². The SMILES string of the molecule is [C-]#[N+]c1c(-c2c(-c3ccc4c(c3)C(CN)=NCC4=O)c(F)nn2C)ccc2ccccc12.[C-]#[N+]c1c(-c2c(-c3ccc4c(c3)C(CN)=NCC4=O)cnn2C)c(C(F)F)cc2ccccc12.[C-]#[N+]c1c(-c2c(-c3ccc4c(c3)C(CN)=NCC4=O)cnn2C)c(F)c(C)c2ccccc12.[C-]#[N+]c1c(-c2c(-c3ccc4c(c3)C(CN)=NCC4=O)cnn2C)sc2ncccc12. The molecule has 0 saturated heterocycles. The number of fused-ring (bicyclic) bond motifs is 8. The van der Waals surface area contributed by atoms with Crippen LogP contribution in [0.2, 0.25) is 0 Å². The molecule has 10 heterocycles. The van der Waals surface area contributed by atoms with E-state index in [9.17, 15) is 28.0 Å². The average Bonchev–Trinajstić information content (AvgIpc) is 1.75. The smallest absolute Gasteiger partial charge is 0.263 e. The number of Topliss-reactive ketones (excluding diaryl/α,β-unsaturated/α-hetero) is 4. The van der Waals surface area contributed by atoms with Crippen LogP contribution in [0.3, 0.4) is 0 Å². The van der Waals surface area contributed by atoms with Crippen LogP contribution in [0.25, 0.3) is 151 Å². The van der Waals surface area contributed by atoms with Crippen molar-refractivity contribution in [3.63, 3.8) is 0 Å². The van der Waals surface area contributed by atoms with Crippen LogP contribution in [0.1, 0.15) is 81.2 Å². The molecule has 0 atom stereocenters. The lowest BCUT2D eigenvalue weighted by molar-refractivity contribution is 0.0992. The van der Waals surface area contributed by atoms with Crippen LogP contribution in [-0.4, -0.2) is 142 Å². The maximum absolute atomic E-state index is 15.8. The van der Waals surface area contributed by atoms with Crippen LogP contribution in [0.5, 0.6) is 0 Å². The molecule has 0 aliphatic carbocycles. The van der Waals surface area contributed by atoms with E-state index in [2.05, 4.69) is 64.7 Å². The second-order valence-electron chi connectivity index (χ2n) is 30.5. The number of carbonyl (C=O) groups is 4. The summed E-state index contributed by atoms with van der Waals surface area (Å²) in [7, 11) is 6.90. The maximum atomic E-state index is 15.8. The Kier molecular flexibility index (Phi) is 23.1. The first-order valence-electron chi connectivity index (χ1n) is 40.4. The minimum Gasteiger partial charge on any atom is -0.325 e. The molecule has 0 fully saturated rings. The molecule has 6 aromatic heterocycles. The summed E-state index contributed by atoms with van der Waals surface area (Å²) in [6.45, 7) is 34.1. The lowest BCUT2D eigenvalue weighted by atomic mass is 9.90. The van der Waals surface area contributed by atoms with Crippen molar-refractivity contribution in [2.75, 3.05) is 52.4 Å². The number of hydrogen-bond acceptors (Lipinski definition) is 18. The van der Waals surface area contributed by atoms with E-state index >= 15 is 8.78 Å². The second-order valence-corrected chi connectivity index (χ2v) is 31.5. The highest BCUT2D eigenvalue weighted by atomic mass is 32.1. The number of aliphatic imine (C=N–C) groups is 4. The number of ketones is 4. The van der Waals surface area contributed by atoms with Crippen molar-refractivity contribution in [1.29, 1.82) is 0 Å². The molecule has 0 unspecified atom stereocenters. The van der Waals surface area contributed by atoms with Crippen LogP contribution in [-0.2, 0) is 28.2 Å². The number of carbonyl (C=O) groups excluding carboxylic acids is 4. The van der Waals surface area contributed by atoms with Crippen molar-refractivity contribution in [2.45, 2.75) is 13.3 Å². The molecule has 25 nitrogen and oxygen atoms in total. The first-order chi connectivity index (χ1) is 62.5. The molecule has 0 spiro atoms. The molecule has 632 valence electrons. The lowest BCUT2D eigenvalue weighted by Crippen LogP contribution is -2.25. The predicted molar refractivity (Wildman–Crippen MR) is 496 cm³/mol. The summed E-state index contributed by atoms with van der Waals surface area (Å²) in [5.74, 6) is -1.37. The fraction of sp³-hybridized carbons (Fsp3) is 0.141. The zero-order valence-corrected chi connectivity index (χ0v) is 70.6. The quantitative estimate of drug-likeness (QED) is 0.0617. The first-order valence-corrected chi connectivity index (χ1v) is 41.3. The molecule has 10 aromatic carbocycles. The van der Waals surface area contributed by atoms with Crippen LogP contribution >= 0.6 is 11.3 Å². The number of rotatable bonds is 13. The molecule has 0 saturated carbocycles. The maximum Gasteiger partial charge on any atom is 0.263 e. The second kappa shape index (κ2) is 35.1. The molecule has 16 aromatic rings. The van der Waals surface area contributed by atoms with Gasteiger partial charge in [-0.2, -0.15) is 19.7 Å². The Bertz CT molecular complexity index is 7800. The fourth-order valence-corrected chi connectivity index (χ4v) is 18.4. The molecule has 0 amide bonds. The Morgan fingerprint density at radius 2 is 0.791 bits per heavy atom. The Balaban J connectivity index is 0.000000121. The summed E-state index contributed by atoms with van der Waals surface area (Å²) in [5.41, 5.74) is 41.1. The minimum absolute atomic E-state index is 0.00830. The van der Waals surface area contributed by atoms with Gasteiger partial charge in [0.25, 0.3) is 6.43 Å². The number of nitrogens with zero attached hydrogens (tertiary/aromatic N) is 17. The van der Waals surface area contributed by atoms with Crippen molar-refractivity contribution < 1.29 is 36.7 Å². The Hall–Kier alpha value is -16.2. The van der Waals surface area contributed by atoms with E-state index in [0.29, 0.717) is 139 Å². The summed E-state index contributed by atoms with van der Waals surface area (Å²) in [6.07, 6.45) is 3.96. The number of aryl methyl sites for hydroxylation is 5. The molecule has 8 N–H and O–H groups in total. The molecule has 0 radical (unpaired) electrons. The number of aromatic nitrogens is 9. The van der Waals surface area contributed by atoms with Gasteiger partial charge in [-0.1, -0.05) is 140 Å². The van der Waals surface area contributed by atoms with E-state index in [4.69, 9.17) is 49.2 Å². The van der Waals surface area contributed by atoms with E-state index in [1.807, 2.05) is 110 Å².